The Morgan fingerprint density at radius 3 is 2.56 bits per heavy atom. The summed E-state index contributed by atoms with van der Waals surface area (Å²) in [5.74, 6) is 1.17. The van der Waals surface area contributed by atoms with Gasteiger partial charge < -0.3 is 10.4 Å². The number of aryl methyl sites for hydroxylation is 1. The van der Waals surface area contributed by atoms with E-state index in [1.807, 2.05) is 0 Å². The van der Waals surface area contributed by atoms with E-state index in [-0.39, 0.29) is 12.1 Å². The predicted molar refractivity (Wildman–Crippen MR) is 76.8 cm³/mol. The fourth-order valence-electron chi connectivity index (χ4n) is 3.13. The van der Waals surface area contributed by atoms with Gasteiger partial charge in [-0.1, -0.05) is 44.4 Å². The average Bonchev–Trinajstić information content (AvgIpc) is 2.38. The number of aliphatic hydroxyl groups excluding tert-OH is 1. The Labute approximate surface area is 110 Å². The molecule has 18 heavy (non-hydrogen) atoms. The Morgan fingerprint density at radius 1 is 1.28 bits per heavy atom. The maximum absolute atomic E-state index is 9.88. The molecule has 2 rings (SSSR count). The van der Waals surface area contributed by atoms with Crippen LogP contribution in [0.5, 0.6) is 0 Å². The Hall–Kier alpha value is -1.02. The van der Waals surface area contributed by atoms with Crippen molar-refractivity contribution in [3.05, 3.63) is 29.8 Å². The van der Waals surface area contributed by atoms with E-state index >= 15 is 0 Å². The van der Waals surface area contributed by atoms with Crippen molar-refractivity contribution in [3.8, 4) is 0 Å². The molecule has 3 atom stereocenters. The van der Waals surface area contributed by atoms with Crippen LogP contribution in [0, 0.1) is 18.8 Å². The molecule has 0 spiro atoms. The molecule has 1 saturated carbocycles. The largest absolute Gasteiger partial charge is 0.394 e. The molecule has 2 heteroatoms. The lowest BCUT2D eigenvalue weighted by molar-refractivity contribution is 0.0925. The third kappa shape index (κ3) is 2.54. The van der Waals surface area contributed by atoms with Crippen molar-refractivity contribution >= 4 is 5.69 Å². The molecule has 0 radical (unpaired) electrons. The van der Waals surface area contributed by atoms with Gasteiger partial charge in [0.05, 0.1) is 12.1 Å². The minimum Gasteiger partial charge on any atom is -0.394 e. The molecule has 0 bridgehead atoms. The van der Waals surface area contributed by atoms with Crippen LogP contribution in [-0.2, 0) is 0 Å². The first kappa shape index (κ1) is 13.4. The van der Waals surface area contributed by atoms with E-state index < -0.39 is 0 Å². The van der Waals surface area contributed by atoms with Gasteiger partial charge in [-0.2, -0.15) is 0 Å². The SMILES string of the molecule is Cc1ccc(NC2(CO)CCCC(C)C2C)cc1. The van der Waals surface area contributed by atoms with Crippen LogP contribution in [0.3, 0.4) is 0 Å². The van der Waals surface area contributed by atoms with E-state index in [9.17, 15) is 5.11 Å². The number of hydrogen-bond acceptors (Lipinski definition) is 2. The molecule has 0 aromatic heterocycles. The van der Waals surface area contributed by atoms with Crippen LogP contribution in [-0.4, -0.2) is 17.3 Å². The lowest BCUT2D eigenvalue weighted by Gasteiger charge is -2.46. The van der Waals surface area contributed by atoms with Gasteiger partial charge in [0.2, 0.25) is 0 Å². The summed E-state index contributed by atoms with van der Waals surface area (Å²) in [5.41, 5.74) is 2.24. The summed E-state index contributed by atoms with van der Waals surface area (Å²) in [6.07, 6.45) is 3.53. The second kappa shape index (κ2) is 5.31. The van der Waals surface area contributed by atoms with Crippen molar-refractivity contribution in [2.45, 2.75) is 45.6 Å². The van der Waals surface area contributed by atoms with Crippen LogP contribution in [0.25, 0.3) is 0 Å². The lowest BCUT2D eigenvalue weighted by atomic mass is 9.68. The van der Waals surface area contributed by atoms with Crippen LogP contribution in [0.1, 0.15) is 38.7 Å². The molecule has 1 aliphatic carbocycles. The van der Waals surface area contributed by atoms with Gasteiger partial charge in [-0.15, -0.1) is 0 Å². The van der Waals surface area contributed by atoms with Crippen LogP contribution in [0.15, 0.2) is 24.3 Å². The zero-order chi connectivity index (χ0) is 13.2. The summed E-state index contributed by atoms with van der Waals surface area (Å²) in [6.45, 7) is 6.87. The first-order valence-corrected chi connectivity index (χ1v) is 7.03. The van der Waals surface area contributed by atoms with E-state index in [0.29, 0.717) is 11.8 Å². The zero-order valence-corrected chi connectivity index (χ0v) is 11.7. The first-order valence-electron chi connectivity index (χ1n) is 7.03. The fraction of sp³-hybridized carbons (Fsp3) is 0.625. The van der Waals surface area contributed by atoms with Gasteiger partial charge in [0.1, 0.15) is 0 Å². The van der Waals surface area contributed by atoms with Gasteiger partial charge >= 0.3 is 0 Å². The predicted octanol–water partition coefficient (Wildman–Crippen LogP) is 3.59. The van der Waals surface area contributed by atoms with Crippen molar-refractivity contribution in [2.24, 2.45) is 11.8 Å². The van der Waals surface area contributed by atoms with Gasteiger partial charge in [0.15, 0.2) is 0 Å². The second-order valence-corrected chi connectivity index (χ2v) is 5.96. The van der Waals surface area contributed by atoms with E-state index in [0.717, 1.165) is 12.1 Å². The third-order valence-electron chi connectivity index (χ3n) is 4.73. The van der Waals surface area contributed by atoms with Crippen molar-refractivity contribution in [1.29, 1.82) is 0 Å². The van der Waals surface area contributed by atoms with Gasteiger partial charge in [0, 0.05) is 5.69 Å². The smallest absolute Gasteiger partial charge is 0.0664 e. The highest BCUT2D eigenvalue weighted by Gasteiger charge is 2.40. The third-order valence-corrected chi connectivity index (χ3v) is 4.73. The van der Waals surface area contributed by atoms with Gasteiger partial charge in [-0.25, -0.2) is 0 Å². The van der Waals surface area contributed by atoms with E-state index in [4.69, 9.17) is 0 Å². The summed E-state index contributed by atoms with van der Waals surface area (Å²) in [6, 6.07) is 8.45. The average molecular weight is 247 g/mol. The molecule has 0 aliphatic heterocycles. The number of hydrogen-bond donors (Lipinski definition) is 2. The highest BCUT2D eigenvalue weighted by atomic mass is 16.3. The monoisotopic (exact) mass is 247 g/mol. The van der Waals surface area contributed by atoms with Crippen LogP contribution in [0.2, 0.25) is 0 Å². The van der Waals surface area contributed by atoms with E-state index in [1.165, 1.54) is 18.4 Å². The summed E-state index contributed by atoms with van der Waals surface area (Å²) >= 11 is 0. The molecule has 0 heterocycles. The normalized spacial score (nSPS) is 32.2. The maximum Gasteiger partial charge on any atom is 0.0664 e. The number of benzene rings is 1. The van der Waals surface area contributed by atoms with Crippen molar-refractivity contribution in [2.75, 3.05) is 11.9 Å². The molecule has 3 unspecified atom stereocenters. The second-order valence-electron chi connectivity index (χ2n) is 5.96. The summed E-state index contributed by atoms with van der Waals surface area (Å²) < 4.78 is 0. The highest BCUT2D eigenvalue weighted by molar-refractivity contribution is 5.47. The molecule has 1 aliphatic rings. The molecule has 2 nitrogen and oxygen atoms in total. The van der Waals surface area contributed by atoms with Crippen LogP contribution < -0.4 is 5.32 Å². The lowest BCUT2D eigenvalue weighted by Crippen LogP contribution is -2.52. The Morgan fingerprint density at radius 2 is 1.94 bits per heavy atom. The highest BCUT2D eigenvalue weighted by Crippen LogP contribution is 2.39. The number of aliphatic hydroxyl groups is 1. The number of anilines is 1. The summed E-state index contributed by atoms with van der Waals surface area (Å²) in [7, 11) is 0. The Balaban J connectivity index is 2.19. The molecule has 0 saturated heterocycles. The first-order chi connectivity index (χ1) is 8.57. The van der Waals surface area contributed by atoms with E-state index in [1.54, 1.807) is 0 Å². The fourth-order valence-corrected chi connectivity index (χ4v) is 3.13. The molecule has 0 amide bonds. The maximum atomic E-state index is 9.88. The molecular weight excluding hydrogens is 222 g/mol. The molecule has 1 fully saturated rings. The summed E-state index contributed by atoms with van der Waals surface area (Å²) in [4.78, 5) is 0. The van der Waals surface area contributed by atoms with Gasteiger partial charge in [0.25, 0.3) is 0 Å². The molecule has 2 N–H and O–H groups in total. The Bertz CT molecular complexity index is 387. The zero-order valence-electron chi connectivity index (χ0n) is 11.7. The van der Waals surface area contributed by atoms with Crippen LogP contribution in [0.4, 0.5) is 5.69 Å². The van der Waals surface area contributed by atoms with Crippen molar-refractivity contribution in [1.82, 2.24) is 0 Å². The molecule has 1 aromatic rings. The number of rotatable bonds is 3. The topological polar surface area (TPSA) is 32.3 Å². The molecule has 1 aromatic carbocycles. The quantitative estimate of drug-likeness (QED) is 0.855. The van der Waals surface area contributed by atoms with Crippen molar-refractivity contribution in [3.63, 3.8) is 0 Å². The molecular formula is C16H25NO. The minimum absolute atomic E-state index is 0.146. The standard InChI is InChI=1S/C16H25NO/c1-12-6-8-15(9-7-12)17-16(11-18)10-4-5-13(2)14(16)3/h6-9,13-14,17-18H,4-5,10-11H2,1-3H3. The summed E-state index contributed by atoms with van der Waals surface area (Å²) in [5, 5.41) is 13.5. The van der Waals surface area contributed by atoms with Gasteiger partial charge in [-0.05, 0) is 37.3 Å². The Kier molecular flexibility index (Phi) is 3.96. The van der Waals surface area contributed by atoms with Crippen LogP contribution >= 0.6 is 0 Å². The molecule has 100 valence electrons. The van der Waals surface area contributed by atoms with Gasteiger partial charge in [-0.3, -0.25) is 0 Å². The minimum atomic E-state index is -0.146. The van der Waals surface area contributed by atoms with E-state index in [2.05, 4.69) is 50.4 Å². The number of nitrogens with one attached hydrogen (secondary N) is 1. The van der Waals surface area contributed by atoms with Crippen molar-refractivity contribution < 1.29 is 5.11 Å².